The van der Waals surface area contributed by atoms with Crippen LogP contribution >= 0.6 is 38.9 Å². The highest BCUT2D eigenvalue weighted by Crippen LogP contribution is 2.27. The second-order valence-electron chi connectivity index (χ2n) is 5.22. The quantitative estimate of drug-likeness (QED) is 0.487. The first-order valence-electron chi connectivity index (χ1n) is 7.27. The second kappa shape index (κ2) is 6.59. The third kappa shape index (κ3) is 3.30. The summed E-state index contributed by atoms with van der Waals surface area (Å²) in [6.45, 7) is 0. The van der Waals surface area contributed by atoms with Crippen LogP contribution in [0.5, 0.6) is 0 Å². The van der Waals surface area contributed by atoms with Crippen LogP contribution in [-0.2, 0) is 0 Å². The Balaban J connectivity index is 1.64. The van der Waals surface area contributed by atoms with Gasteiger partial charge in [0.2, 0.25) is 4.96 Å². The molecule has 2 heterocycles. The molecule has 0 spiro atoms. The number of amides is 1. The summed E-state index contributed by atoms with van der Waals surface area (Å²) >= 11 is 10.8. The summed E-state index contributed by atoms with van der Waals surface area (Å²) in [6, 6.07) is 14.6. The Morgan fingerprint density at radius 1 is 1.20 bits per heavy atom. The normalized spacial score (nSPS) is 11.0. The van der Waals surface area contributed by atoms with Crippen LogP contribution < -0.4 is 5.32 Å². The first-order valence-corrected chi connectivity index (χ1v) is 9.32. The molecule has 1 N–H and O–H groups in total. The zero-order valence-corrected chi connectivity index (χ0v) is 15.8. The molecule has 0 aliphatic rings. The lowest BCUT2D eigenvalue weighted by molar-refractivity contribution is 0.102. The number of fused-ring (bicyclic) bond motifs is 1. The first-order chi connectivity index (χ1) is 12.1. The number of hydrogen-bond acceptors (Lipinski definition) is 4. The van der Waals surface area contributed by atoms with Gasteiger partial charge in [-0.1, -0.05) is 45.7 Å². The molecule has 4 rings (SSSR count). The van der Waals surface area contributed by atoms with E-state index in [2.05, 4.69) is 31.3 Å². The van der Waals surface area contributed by atoms with Gasteiger partial charge in [-0.25, -0.2) is 4.52 Å². The van der Waals surface area contributed by atoms with Crippen LogP contribution in [0.1, 0.15) is 10.4 Å². The maximum Gasteiger partial charge on any atom is 0.258 e. The van der Waals surface area contributed by atoms with Gasteiger partial charge >= 0.3 is 0 Å². The molecule has 8 heteroatoms. The van der Waals surface area contributed by atoms with E-state index in [1.54, 1.807) is 22.7 Å². The van der Waals surface area contributed by atoms with E-state index in [0.717, 1.165) is 15.7 Å². The fraction of sp³-hybridized carbons (Fsp3) is 0. The van der Waals surface area contributed by atoms with E-state index in [-0.39, 0.29) is 11.9 Å². The number of nitrogens with zero attached hydrogens (tertiary/aromatic N) is 3. The number of thiazole rings is 1. The van der Waals surface area contributed by atoms with Crippen LogP contribution in [0.3, 0.4) is 0 Å². The predicted molar refractivity (Wildman–Crippen MR) is 103 cm³/mol. The molecule has 124 valence electrons. The molecule has 25 heavy (non-hydrogen) atoms. The van der Waals surface area contributed by atoms with Gasteiger partial charge in [0.25, 0.3) is 11.9 Å². The van der Waals surface area contributed by atoms with Gasteiger partial charge in [-0.3, -0.25) is 10.1 Å². The van der Waals surface area contributed by atoms with Crippen molar-refractivity contribution in [1.82, 2.24) is 14.6 Å². The number of rotatable bonds is 3. The molecular weight excluding hydrogens is 424 g/mol. The minimum atomic E-state index is -0.257. The van der Waals surface area contributed by atoms with Gasteiger partial charge in [-0.2, -0.15) is 4.98 Å². The van der Waals surface area contributed by atoms with Crippen molar-refractivity contribution < 1.29 is 4.79 Å². The van der Waals surface area contributed by atoms with Crippen LogP contribution in [0.15, 0.2) is 58.4 Å². The lowest BCUT2D eigenvalue weighted by Crippen LogP contribution is -2.13. The number of carbonyl (C=O) groups is 1. The molecule has 5 nitrogen and oxygen atoms in total. The molecular formula is C17H10BrClN4OS. The number of carbonyl (C=O) groups excluding carboxylic acids is 1. The number of nitrogens with one attached hydrogen (secondary N) is 1. The molecule has 2 aromatic heterocycles. The molecule has 0 atom stereocenters. The second-order valence-corrected chi connectivity index (χ2v) is 7.41. The van der Waals surface area contributed by atoms with E-state index in [4.69, 9.17) is 11.6 Å². The van der Waals surface area contributed by atoms with Crippen molar-refractivity contribution in [3.05, 3.63) is 69.0 Å². The molecule has 0 aliphatic heterocycles. The van der Waals surface area contributed by atoms with Crippen LogP contribution in [-0.4, -0.2) is 20.5 Å². The van der Waals surface area contributed by atoms with E-state index in [1.165, 1.54) is 11.3 Å². The Hall–Kier alpha value is -2.22. The van der Waals surface area contributed by atoms with E-state index in [9.17, 15) is 4.79 Å². The van der Waals surface area contributed by atoms with E-state index in [0.29, 0.717) is 15.5 Å². The van der Waals surface area contributed by atoms with Crippen molar-refractivity contribution in [3.8, 4) is 11.3 Å². The highest BCUT2D eigenvalue weighted by Gasteiger charge is 2.14. The highest BCUT2D eigenvalue weighted by atomic mass is 79.9. The van der Waals surface area contributed by atoms with Gasteiger partial charge in [-0.15, -0.1) is 16.4 Å². The summed E-state index contributed by atoms with van der Waals surface area (Å²) in [4.78, 5) is 17.4. The Morgan fingerprint density at radius 3 is 2.76 bits per heavy atom. The maximum absolute atomic E-state index is 12.3. The van der Waals surface area contributed by atoms with Crippen LogP contribution in [0.25, 0.3) is 16.2 Å². The van der Waals surface area contributed by atoms with Crippen LogP contribution in [0, 0.1) is 0 Å². The molecule has 0 saturated heterocycles. The smallest absolute Gasteiger partial charge is 0.258 e. The summed E-state index contributed by atoms with van der Waals surface area (Å²) in [6.07, 6.45) is 0. The third-order valence-corrected chi connectivity index (χ3v) is 5.10. The summed E-state index contributed by atoms with van der Waals surface area (Å²) in [5.74, 6) is 0.0136. The Labute approximate surface area is 160 Å². The van der Waals surface area contributed by atoms with Crippen molar-refractivity contribution in [1.29, 1.82) is 0 Å². The fourth-order valence-electron chi connectivity index (χ4n) is 2.36. The molecule has 0 fully saturated rings. The molecule has 0 unspecified atom stereocenters. The highest BCUT2D eigenvalue weighted by molar-refractivity contribution is 9.10. The van der Waals surface area contributed by atoms with Crippen molar-refractivity contribution in [2.75, 3.05) is 5.32 Å². The Kier molecular flexibility index (Phi) is 4.29. The van der Waals surface area contributed by atoms with Crippen molar-refractivity contribution in [2.45, 2.75) is 0 Å². The third-order valence-electron chi connectivity index (χ3n) is 3.53. The molecule has 2 aromatic carbocycles. The Bertz CT molecular complexity index is 1070. The van der Waals surface area contributed by atoms with Crippen molar-refractivity contribution >= 4 is 55.7 Å². The predicted octanol–water partition coefficient (Wildman–Crippen LogP) is 5.13. The minimum absolute atomic E-state index is 0.257. The van der Waals surface area contributed by atoms with Crippen LogP contribution in [0.4, 0.5) is 5.95 Å². The first kappa shape index (κ1) is 16.3. The van der Waals surface area contributed by atoms with Crippen molar-refractivity contribution in [2.24, 2.45) is 0 Å². The molecule has 0 radical (unpaired) electrons. The molecule has 0 saturated carbocycles. The number of anilines is 1. The number of hydrogen-bond donors (Lipinski definition) is 1. The number of aromatic nitrogens is 3. The average Bonchev–Trinajstić information content (AvgIpc) is 3.16. The van der Waals surface area contributed by atoms with E-state index in [1.807, 2.05) is 35.7 Å². The van der Waals surface area contributed by atoms with Gasteiger partial charge in [0.05, 0.1) is 5.69 Å². The molecule has 0 aliphatic carbocycles. The molecule has 4 aromatic rings. The average molecular weight is 434 g/mol. The molecule has 1 amide bonds. The van der Waals surface area contributed by atoms with Crippen molar-refractivity contribution in [3.63, 3.8) is 0 Å². The zero-order chi connectivity index (χ0) is 17.4. The van der Waals surface area contributed by atoms with E-state index < -0.39 is 0 Å². The minimum Gasteiger partial charge on any atom is -0.289 e. The van der Waals surface area contributed by atoms with E-state index >= 15 is 0 Å². The summed E-state index contributed by atoms with van der Waals surface area (Å²) in [5, 5.41) is 9.78. The summed E-state index contributed by atoms with van der Waals surface area (Å²) in [7, 11) is 0. The van der Waals surface area contributed by atoms with Gasteiger partial charge in [-0.05, 0) is 30.3 Å². The standard InChI is InChI=1S/C17H10BrClN4OS/c18-12-3-1-2-11(8-12)15(24)20-16-21-17-23(22-16)14(9-25-17)10-4-6-13(19)7-5-10/h1-9H,(H,20,22,24). The topological polar surface area (TPSA) is 59.3 Å². The van der Waals surface area contributed by atoms with Gasteiger partial charge in [0.15, 0.2) is 0 Å². The van der Waals surface area contributed by atoms with Gasteiger partial charge in [0, 0.05) is 26.0 Å². The maximum atomic E-state index is 12.3. The summed E-state index contributed by atoms with van der Waals surface area (Å²) < 4.78 is 2.55. The molecule has 0 bridgehead atoms. The monoisotopic (exact) mass is 432 g/mol. The number of halogens is 2. The SMILES string of the molecule is O=C(Nc1nc2scc(-c3ccc(Cl)cc3)n2n1)c1cccc(Br)c1. The lowest BCUT2D eigenvalue weighted by atomic mass is 10.2. The largest absolute Gasteiger partial charge is 0.289 e. The zero-order valence-electron chi connectivity index (χ0n) is 12.6. The lowest BCUT2D eigenvalue weighted by Gasteiger charge is -2.01. The van der Waals surface area contributed by atoms with Gasteiger partial charge < -0.3 is 0 Å². The van der Waals surface area contributed by atoms with Gasteiger partial charge in [0.1, 0.15) is 0 Å². The van der Waals surface area contributed by atoms with Crippen LogP contribution in [0.2, 0.25) is 5.02 Å². The fourth-order valence-corrected chi connectivity index (χ4v) is 3.71. The Morgan fingerprint density at radius 2 is 2.00 bits per heavy atom. The summed E-state index contributed by atoms with van der Waals surface area (Å²) in [5.41, 5.74) is 2.41. The number of benzene rings is 2.